The molecule has 1 amide bonds. The van der Waals surface area contributed by atoms with Crippen molar-refractivity contribution in [1.82, 2.24) is 15.3 Å². The monoisotopic (exact) mass is 366 g/mol. The van der Waals surface area contributed by atoms with Gasteiger partial charge in [-0.2, -0.15) is 0 Å². The van der Waals surface area contributed by atoms with Crippen LogP contribution in [0, 0.1) is 5.82 Å². The van der Waals surface area contributed by atoms with Gasteiger partial charge in [-0.25, -0.2) is 14.4 Å². The number of ether oxygens (including phenoxy) is 1. The van der Waals surface area contributed by atoms with E-state index in [0.717, 1.165) is 17.0 Å². The third-order valence-electron chi connectivity index (χ3n) is 3.84. The number of methoxy groups -OCH3 is 1. The first-order chi connectivity index (χ1) is 13.1. The van der Waals surface area contributed by atoms with E-state index in [9.17, 15) is 9.18 Å². The number of hydrogen-bond acceptors (Lipinski definition) is 5. The van der Waals surface area contributed by atoms with Crippen LogP contribution in [0.2, 0.25) is 0 Å². The third-order valence-corrected chi connectivity index (χ3v) is 3.84. The maximum Gasteiger partial charge on any atom is 0.271 e. The first-order valence-corrected chi connectivity index (χ1v) is 8.40. The van der Waals surface area contributed by atoms with E-state index < -0.39 is 0 Å². The van der Waals surface area contributed by atoms with Crippen LogP contribution in [-0.2, 0) is 6.42 Å². The zero-order chi connectivity index (χ0) is 19.1. The number of rotatable bonds is 7. The van der Waals surface area contributed by atoms with Gasteiger partial charge in [-0.3, -0.25) is 4.79 Å². The second kappa shape index (κ2) is 8.75. The van der Waals surface area contributed by atoms with Crippen molar-refractivity contribution in [2.75, 3.05) is 19.0 Å². The molecule has 3 rings (SSSR count). The number of carbonyl (C=O) groups excluding carboxylic acids is 1. The van der Waals surface area contributed by atoms with Crippen LogP contribution in [0.3, 0.4) is 0 Å². The van der Waals surface area contributed by atoms with Gasteiger partial charge in [0.25, 0.3) is 5.91 Å². The number of hydrogen-bond donors (Lipinski definition) is 2. The summed E-state index contributed by atoms with van der Waals surface area (Å²) in [5, 5.41) is 5.87. The topological polar surface area (TPSA) is 76.1 Å². The first kappa shape index (κ1) is 18.3. The summed E-state index contributed by atoms with van der Waals surface area (Å²) in [6, 6.07) is 13.6. The minimum Gasteiger partial charge on any atom is -0.497 e. The highest BCUT2D eigenvalue weighted by Crippen LogP contribution is 2.19. The lowest BCUT2D eigenvalue weighted by Crippen LogP contribution is -2.26. The Morgan fingerprint density at radius 2 is 1.93 bits per heavy atom. The molecule has 0 atom stereocenters. The Balaban J connectivity index is 1.52. The number of nitrogens with one attached hydrogen (secondary N) is 2. The number of nitrogens with zero attached hydrogens (tertiary/aromatic N) is 2. The molecule has 0 aliphatic heterocycles. The van der Waals surface area contributed by atoms with Crippen molar-refractivity contribution < 1.29 is 13.9 Å². The maximum atomic E-state index is 12.9. The highest BCUT2D eigenvalue weighted by Gasteiger charge is 2.08. The lowest BCUT2D eigenvalue weighted by Gasteiger charge is -2.08. The Bertz CT molecular complexity index is 899. The molecule has 3 aromatic rings. The molecule has 2 N–H and O–H groups in total. The molecular formula is C20H19FN4O2. The highest BCUT2D eigenvalue weighted by molar-refractivity contribution is 5.92. The van der Waals surface area contributed by atoms with Gasteiger partial charge >= 0.3 is 0 Å². The molecule has 1 heterocycles. The lowest BCUT2D eigenvalue weighted by molar-refractivity contribution is 0.0949. The summed E-state index contributed by atoms with van der Waals surface area (Å²) in [5.74, 6) is 0.662. The molecule has 0 saturated heterocycles. The van der Waals surface area contributed by atoms with E-state index in [4.69, 9.17) is 4.74 Å². The Morgan fingerprint density at radius 1 is 1.11 bits per heavy atom. The molecule has 0 unspecified atom stereocenters. The van der Waals surface area contributed by atoms with E-state index in [1.165, 1.54) is 24.5 Å². The van der Waals surface area contributed by atoms with Crippen molar-refractivity contribution in [3.05, 3.63) is 78.0 Å². The normalized spacial score (nSPS) is 10.3. The Morgan fingerprint density at radius 3 is 2.63 bits per heavy atom. The van der Waals surface area contributed by atoms with Crippen molar-refractivity contribution in [2.24, 2.45) is 0 Å². The quantitative estimate of drug-likeness (QED) is 0.671. The van der Waals surface area contributed by atoms with Crippen LogP contribution in [-0.4, -0.2) is 29.5 Å². The van der Waals surface area contributed by atoms with Crippen LogP contribution in [0.15, 0.2) is 60.9 Å². The summed E-state index contributed by atoms with van der Waals surface area (Å²) in [6.07, 6.45) is 3.51. The van der Waals surface area contributed by atoms with Crippen molar-refractivity contribution in [3.8, 4) is 5.75 Å². The van der Waals surface area contributed by atoms with Gasteiger partial charge in [0, 0.05) is 18.3 Å². The summed E-state index contributed by atoms with van der Waals surface area (Å²) in [6.45, 7) is 0.427. The van der Waals surface area contributed by atoms with Crippen LogP contribution in [0.4, 0.5) is 15.9 Å². The molecule has 2 aromatic carbocycles. The molecule has 1 aromatic heterocycles. The smallest absolute Gasteiger partial charge is 0.271 e. The largest absolute Gasteiger partial charge is 0.497 e. The average molecular weight is 366 g/mol. The molecule has 138 valence electrons. The van der Waals surface area contributed by atoms with Crippen molar-refractivity contribution >= 4 is 17.4 Å². The summed E-state index contributed by atoms with van der Waals surface area (Å²) in [7, 11) is 1.60. The van der Waals surface area contributed by atoms with E-state index in [1.807, 2.05) is 24.3 Å². The molecule has 7 heteroatoms. The Labute approximate surface area is 156 Å². The predicted molar refractivity (Wildman–Crippen MR) is 101 cm³/mol. The second-order valence-corrected chi connectivity index (χ2v) is 5.78. The van der Waals surface area contributed by atoms with E-state index in [-0.39, 0.29) is 17.4 Å². The fourth-order valence-corrected chi connectivity index (χ4v) is 2.42. The van der Waals surface area contributed by atoms with Crippen molar-refractivity contribution in [2.45, 2.75) is 6.42 Å². The molecule has 0 aliphatic carbocycles. The molecule has 27 heavy (non-hydrogen) atoms. The maximum absolute atomic E-state index is 12.9. The lowest BCUT2D eigenvalue weighted by atomic mass is 10.1. The van der Waals surface area contributed by atoms with Gasteiger partial charge in [-0.05, 0) is 36.2 Å². The van der Waals surface area contributed by atoms with Gasteiger partial charge in [0.2, 0.25) is 0 Å². The molecule has 0 bridgehead atoms. The number of amides is 1. The third kappa shape index (κ3) is 5.24. The average Bonchev–Trinajstić information content (AvgIpc) is 2.70. The number of aromatic nitrogens is 2. The molecule has 6 nitrogen and oxygen atoms in total. The van der Waals surface area contributed by atoms with Crippen LogP contribution >= 0.6 is 0 Å². The van der Waals surface area contributed by atoms with Crippen LogP contribution in [0.5, 0.6) is 5.75 Å². The summed E-state index contributed by atoms with van der Waals surface area (Å²) < 4.78 is 18.0. The van der Waals surface area contributed by atoms with Crippen LogP contribution in [0.25, 0.3) is 0 Å². The van der Waals surface area contributed by atoms with Crippen molar-refractivity contribution in [3.63, 3.8) is 0 Å². The highest BCUT2D eigenvalue weighted by atomic mass is 19.1. The summed E-state index contributed by atoms with van der Waals surface area (Å²) in [4.78, 5) is 20.5. The van der Waals surface area contributed by atoms with E-state index in [0.29, 0.717) is 18.8 Å². The van der Waals surface area contributed by atoms with E-state index in [1.54, 1.807) is 19.2 Å². The minimum atomic E-state index is -0.308. The fourth-order valence-electron chi connectivity index (χ4n) is 2.42. The van der Waals surface area contributed by atoms with Gasteiger partial charge in [0.1, 0.15) is 23.1 Å². The molecule has 0 radical (unpaired) electrons. The molecular weight excluding hydrogens is 347 g/mol. The number of benzene rings is 2. The SMILES string of the molecule is COc1cccc(Nc2cnc(C(=O)NCCc3ccc(F)cc3)cn2)c1. The number of anilines is 2. The molecule has 0 saturated carbocycles. The molecule has 0 aliphatic rings. The number of carbonyl (C=O) groups is 1. The number of halogens is 1. The summed E-state index contributed by atoms with van der Waals surface area (Å²) in [5.41, 5.74) is 1.98. The standard InChI is InChI=1S/C20H19FN4O2/c1-27-17-4-2-3-16(11-17)25-19-13-23-18(12-24-19)20(26)22-10-9-14-5-7-15(21)8-6-14/h2-8,11-13H,9-10H2,1H3,(H,22,26)(H,24,25). The van der Waals surface area contributed by atoms with Gasteiger partial charge in [0.05, 0.1) is 19.5 Å². The Hall–Kier alpha value is -3.48. The van der Waals surface area contributed by atoms with Crippen LogP contribution < -0.4 is 15.4 Å². The second-order valence-electron chi connectivity index (χ2n) is 5.78. The molecule has 0 spiro atoms. The zero-order valence-corrected chi connectivity index (χ0v) is 14.8. The predicted octanol–water partition coefficient (Wildman–Crippen LogP) is 3.34. The van der Waals surface area contributed by atoms with Gasteiger partial charge < -0.3 is 15.4 Å². The minimum absolute atomic E-state index is 0.227. The van der Waals surface area contributed by atoms with Gasteiger partial charge in [-0.1, -0.05) is 18.2 Å². The summed E-state index contributed by atoms with van der Waals surface area (Å²) >= 11 is 0. The van der Waals surface area contributed by atoms with E-state index >= 15 is 0 Å². The van der Waals surface area contributed by atoms with E-state index in [2.05, 4.69) is 20.6 Å². The van der Waals surface area contributed by atoms with Gasteiger partial charge in [0.15, 0.2) is 0 Å². The zero-order valence-electron chi connectivity index (χ0n) is 14.8. The fraction of sp³-hybridized carbons (Fsp3) is 0.150. The van der Waals surface area contributed by atoms with Crippen molar-refractivity contribution in [1.29, 1.82) is 0 Å². The first-order valence-electron chi connectivity index (χ1n) is 8.40. The van der Waals surface area contributed by atoms with Crippen LogP contribution in [0.1, 0.15) is 16.1 Å². The Kier molecular flexibility index (Phi) is 5.94. The molecule has 0 fully saturated rings. The van der Waals surface area contributed by atoms with Gasteiger partial charge in [-0.15, -0.1) is 0 Å².